The zero-order chi connectivity index (χ0) is 27.4. The summed E-state index contributed by atoms with van der Waals surface area (Å²) in [4.78, 5) is 41.0. The van der Waals surface area contributed by atoms with Crippen LogP contribution >= 0.6 is 0 Å². The molecular formula is C30H57N3O3. The number of hydrogen-bond acceptors (Lipinski definition) is 6. The number of Topliss-reactive ketones (excluding diaryl/α,β-unsaturated/α-hetero) is 3. The quantitative estimate of drug-likeness (QED) is 0.447. The zero-order valence-electron chi connectivity index (χ0n) is 25.0. The van der Waals surface area contributed by atoms with E-state index < -0.39 is 0 Å². The van der Waals surface area contributed by atoms with Crippen molar-refractivity contribution in [3.63, 3.8) is 0 Å². The van der Waals surface area contributed by atoms with Gasteiger partial charge in [0.15, 0.2) is 0 Å². The maximum Gasteiger partial charge on any atom is 0.136 e. The minimum atomic E-state index is 0.207. The molecule has 3 aliphatic heterocycles. The van der Waals surface area contributed by atoms with E-state index in [1.807, 2.05) is 41.5 Å². The second kappa shape index (κ2) is 16.7. The van der Waals surface area contributed by atoms with Crippen molar-refractivity contribution in [1.82, 2.24) is 14.7 Å². The van der Waals surface area contributed by atoms with Crippen LogP contribution in [-0.4, -0.2) is 92.0 Å². The van der Waals surface area contributed by atoms with Crippen LogP contribution in [0.15, 0.2) is 0 Å². The van der Waals surface area contributed by atoms with Gasteiger partial charge >= 0.3 is 0 Å². The predicted octanol–water partition coefficient (Wildman–Crippen LogP) is 4.80. The van der Waals surface area contributed by atoms with Crippen LogP contribution in [0.4, 0.5) is 0 Å². The Kier molecular flexibility index (Phi) is 15.2. The Labute approximate surface area is 222 Å². The summed E-state index contributed by atoms with van der Waals surface area (Å²) in [6.07, 6.45) is 7.23. The number of carbonyl (C=O) groups excluding carboxylic acids is 3. The number of ketones is 3. The summed E-state index contributed by atoms with van der Waals surface area (Å²) < 4.78 is 0. The van der Waals surface area contributed by atoms with Crippen LogP contribution in [0.2, 0.25) is 0 Å². The van der Waals surface area contributed by atoms with Gasteiger partial charge in [-0.1, -0.05) is 41.5 Å². The summed E-state index contributed by atoms with van der Waals surface area (Å²) in [6, 6.07) is 0.528. The summed E-state index contributed by atoms with van der Waals surface area (Å²) in [6.45, 7) is 17.6. The number of rotatable bonds is 9. The fourth-order valence-electron chi connectivity index (χ4n) is 4.97. The third-order valence-electron chi connectivity index (χ3n) is 8.00. The molecule has 3 saturated heterocycles. The van der Waals surface area contributed by atoms with Gasteiger partial charge in [0.05, 0.1) is 0 Å². The van der Waals surface area contributed by atoms with Crippen molar-refractivity contribution in [3.05, 3.63) is 0 Å². The van der Waals surface area contributed by atoms with Gasteiger partial charge in [-0.25, -0.2) is 0 Å². The lowest BCUT2D eigenvalue weighted by molar-refractivity contribution is -0.124. The van der Waals surface area contributed by atoms with E-state index in [1.54, 1.807) is 0 Å². The van der Waals surface area contributed by atoms with Crippen LogP contribution in [0.5, 0.6) is 0 Å². The Balaban J connectivity index is 0.000000271. The summed E-state index contributed by atoms with van der Waals surface area (Å²) in [5.74, 6) is 3.23. The first-order valence-electron chi connectivity index (χ1n) is 14.5. The van der Waals surface area contributed by atoms with E-state index in [0.717, 1.165) is 52.0 Å². The number of nitrogens with zero attached hydrogens (tertiary/aromatic N) is 3. The number of likely N-dealkylation sites (tertiary alicyclic amines) is 3. The lowest BCUT2D eigenvalue weighted by Gasteiger charge is -2.36. The van der Waals surface area contributed by atoms with Gasteiger partial charge < -0.3 is 14.7 Å². The van der Waals surface area contributed by atoms with Gasteiger partial charge in [0.1, 0.15) is 17.3 Å². The van der Waals surface area contributed by atoms with Crippen molar-refractivity contribution in [2.75, 3.05) is 53.9 Å². The van der Waals surface area contributed by atoms with Crippen molar-refractivity contribution >= 4 is 17.3 Å². The molecule has 3 fully saturated rings. The fourth-order valence-corrected chi connectivity index (χ4v) is 4.97. The molecule has 0 spiro atoms. The van der Waals surface area contributed by atoms with Crippen molar-refractivity contribution < 1.29 is 14.4 Å². The second-order valence-corrected chi connectivity index (χ2v) is 12.6. The number of hydrogen-bond donors (Lipinski definition) is 0. The fraction of sp³-hybridized carbons (Fsp3) is 0.900. The highest BCUT2D eigenvalue weighted by Crippen LogP contribution is 2.22. The molecule has 6 nitrogen and oxygen atoms in total. The maximum absolute atomic E-state index is 11.5. The van der Waals surface area contributed by atoms with Crippen molar-refractivity contribution in [3.8, 4) is 0 Å². The third kappa shape index (κ3) is 12.9. The first-order chi connectivity index (χ1) is 16.8. The SMILES string of the molecule is CC(C)C(=O)CC1CCCN1C.CC(C)C(=O)CC1CCN(C)CC1.CC(C)C(=O)CC1CN(C)C1. The van der Waals surface area contributed by atoms with Crippen molar-refractivity contribution in [2.45, 2.75) is 92.5 Å². The second-order valence-electron chi connectivity index (χ2n) is 12.6. The Hall–Kier alpha value is -1.11. The first kappa shape index (κ1) is 32.9. The highest BCUT2D eigenvalue weighted by atomic mass is 16.1. The molecule has 3 aliphatic rings. The summed E-state index contributed by atoms with van der Waals surface area (Å²) >= 11 is 0. The van der Waals surface area contributed by atoms with Gasteiger partial charge in [0.25, 0.3) is 0 Å². The largest absolute Gasteiger partial charge is 0.306 e. The summed E-state index contributed by atoms with van der Waals surface area (Å²) in [7, 11) is 6.36. The van der Waals surface area contributed by atoms with E-state index in [0.29, 0.717) is 35.2 Å². The molecule has 0 amide bonds. The minimum Gasteiger partial charge on any atom is -0.306 e. The zero-order valence-corrected chi connectivity index (χ0v) is 25.0. The van der Waals surface area contributed by atoms with E-state index in [4.69, 9.17) is 0 Å². The average molecular weight is 508 g/mol. The topological polar surface area (TPSA) is 60.9 Å². The van der Waals surface area contributed by atoms with Gasteiger partial charge in [-0.2, -0.15) is 0 Å². The van der Waals surface area contributed by atoms with Crippen LogP contribution in [-0.2, 0) is 14.4 Å². The third-order valence-corrected chi connectivity index (χ3v) is 8.00. The minimum absolute atomic E-state index is 0.207. The summed E-state index contributed by atoms with van der Waals surface area (Å²) in [5, 5.41) is 0. The van der Waals surface area contributed by atoms with Crippen LogP contribution in [0, 0.1) is 29.6 Å². The Morgan fingerprint density at radius 2 is 1.06 bits per heavy atom. The van der Waals surface area contributed by atoms with Crippen molar-refractivity contribution in [2.24, 2.45) is 29.6 Å². The molecule has 36 heavy (non-hydrogen) atoms. The highest BCUT2D eigenvalue weighted by molar-refractivity contribution is 5.81. The molecule has 210 valence electrons. The molecule has 0 aliphatic carbocycles. The van der Waals surface area contributed by atoms with Crippen LogP contribution < -0.4 is 0 Å². The Bertz CT molecular complexity index is 662. The van der Waals surface area contributed by atoms with Crippen LogP contribution in [0.3, 0.4) is 0 Å². The lowest BCUT2D eigenvalue weighted by Crippen LogP contribution is -2.44. The van der Waals surface area contributed by atoms with Gasteiger partial charge in [0, 0.05) is 56.1 Å². The smallest absolute Gasteiger partial charge is 0.136 e. The molecular weight excluding hydrogens is 450 g/mol. The number of carbonyl (C=O) groups is 3. The molecule has 3 rings (SSSR count). The molecule has 3 heterocycles. The Morgan fingerprint density at radius 1 is 0.611 bits per heavy atom. The predicted molar refractivity (Wildman–Crippen MR) is 150 cm³/mol. The standard InChI is InChI=1S/C11H21NO.C10H19NO.C9H17NO/c1-9(2)11(13)8-10-4-6-12(3)7-5-10;1-8(2)10(12)7-9-5-4-6-11(9)3;1-7(2)9(11)4-8-5-10(3)6-8/h9-10H,4-8H2,1-3H3;8-9H,4-7H2,1-3H3;7-8H,4-6H2,1-3H3. The van der Waals surface area contributed by atoms with E-state index >= 15 is 0 Å². The molecule has 0 N–H and O–H groups in total. The molecule has 0 saturated carbocycles. The van der Waals surface area contributed by atoms with Gasteiger partial charge in [-0.05, 0) is 78.3 Å². The molecule has 1 atom stereocenters. The molecule has 0 aromatic carbocycles. The molecule has 0 bridgehead atoms. The monoisotopic (exact) mass is 507 g/mol. The van der Waals surface area contributed by atoms with Crippen LogP contribution in [0.25, 0.3) is 0 Å². The first-order valence-corrected chi connectivity index (χ1v) is 14.5. The average Bonchev–Trinajstić information content (AvgIpc) is 3.19. The van der Waals surface area contributed by atoms with E-state index in [1.165, 1.54) is 25.7 Å². The van der Waals surface area contributed by atoms with Gasteiger partial charge in [-0.3, -0.25) is 14.4 Å². The molecule has 6 heteroatoms. The molecule has 0 aromatic rings. The number of piperidine rings is 1. The van der Waals surface area contributed by atoms with E-state index in [9.17, 15) is 14.4 Å². The van der Waals surface area contributed by atoms with Crippen molar-refractivity contribution in [1.29, 1.82) is 0 Å². The van der Waals surface area contributed by atoms with Crippen LogP contribution in [0.1, 0.15) is 86.5 Å². The Morgan fingerprint density at radius 3 is 1.44 bits per heavy atom. The molecule has 0 aromatic heterocycles. The summed E-state index contributed by atoms with van der Waals surface area (Å²) in [5.41, 5.74) is 0. The van der Waals surface area contributed by atoms with E-state index in [2.05, 4.69) is 35.8 Å². The van der Waals surface area contributed by atoms with Gasteiger partial charge in [0.2, 0.25) is 0 Å². The van der Waals surface area contributed by atoms with Gasteiger partial charge in [-0.15, -0.1) is 0 Å². The lowest BCUT2D eigenvalue weighted by atomic mass is 9.89. The molecule has 0 radical (unpaired) electrons. The molecule has 1 unspecified atom stereocenters. The highest BCUT2D eigenvalue weighted by Gasteiger charge is 2.26. The normalized spacial score (nSPS) is 22.2. The maximum atomic E-state index is 11.5. The van der Waals surface area contributed by atoms with E-state index in [-0.39, 0.29) is 17.8 Å².